The maximum Gasteiger partial charge on any atom is 1.00 e. The van der Waals surface area contributed by atoms with Gasteiger partial charge in [-0.2, -0.15) is 0 Å². The van der Waals surface area contributed by atoms with E-state index in [2.05, 4.69) is 0 Å². The molecule has 0 radical (unpaired) electrons. The van der Waals surface area contributed by atoms with Crippen LogP contribution in [0.1, 0.15) is 11.8 Å². The number of para-hydroxylation sites is 1. The summed E-state index contributed by atoms with van der Waals surface area (Å²) >= 11 is 0. The van der Waals surface area contributed by atoms with Gasteiger partial charge in [-0.3, -0.25) is 0 Å². The molecule has 2 N–H and O–H groups in total. The van der Waals surface area contributed by atoms with Gasteiger partial charge in [0.1, 0.15) is 11.3 Å². The Labute approximate surface area is 108 Å². The summed E-state index contributed by atoms with van der Waals surface area (Å²) in [6, 6.07) is 5.81. The Hall–Kier alpha value is 0.126. The van der Waals surface area contributed by atoms with Crippen LogP contribution in [0, 0.1) is 0 Å². The molecule has 0 fully saturated rings. The van der Waals surface area contributed by atoms with E-state index in [1.54, 1.807) is 12.1 Å². The van der Waals surface area contributed by atoms with Crippen molar-refractivity contribution in [2.75, 3.05) is 0 Å². The van der Waals surface area contributed by atoms with Gasteiger partial charge < -0.3 is 11.6 Å². The van der Waals surface area contributed by atoms with Crippen LogP contribution in [0.2, 0.25) is 0 Å². The number of hydrogen-bond acceptors (Lipinski definition) is 2. The van der Waals surface area contributed by atoms with Crippen LogP contribution in [0.5, 0.6) is 5.75 Å². The minimum atomic E-state index is -1.11. The summed E-state index contributed by atoms with van der Waals surface area (Å²) in [5.74, 6) is -1.31. The molecule has 54 valence electrons. The van der Waals surface area contributed by atoms with Gasteiger partial charge in [-0.05, 0) is 12.1 Å². The van der Waals surface area contributed by atoms with Crippen LogP contribution in [-0.2, 0) is 0 Å². The Kier molecular flexibility index (Phi) is 4.95. The van der Waals surface area contributed by atoms with Crippen molar-refractivity contribution in [3.05, 3.63) is 29.8 Å². The first kappa shape index (κ1) is 11.1. The van der Waals surface area contributed by atoms with Crippen molar-refractivity contribution in [3.63, 3.8) is 0 Å². The molecule has 0 unspecified atom stereocenters. The molecule has 0 amide bonds. The van der Waals surface area contributed by atoms with Crippen LogP contribution in [0.25, 0.3) is 0 Å². The Morgan fingerprint density at radius 2 is 1.91 bits per heavy atom. The maximum absolute atomic E-state index is 10.3. The molecule has 0 aliphatic rings. The summed E-state index contributed by atoms with van der Waals surface area (Å²) in [5.41, 5.74) is -0.0671. The van der Waals surface area contributed by atoms with Crippen LogP contribution >= 0.6 is 0 Å². The number of carboxylic acid groups (broad SMARTS) is 1. The van der Waals surface area contributed by atoms with Crippen molar-refractivity contribution < 1.29 is 67.8 Å². The van der Waals surface area contributed by atoms with Gasteiger partial charge in [-0.25, -0.2) is 4.79 Å². The van der Waals surface area contributed by atoms with E-state index >= 15 is 0 Å². The van der Waals surface area contributed by atoms with Gasteiger partial charge in [0, 0.05) is 0 Å². The average Bonchev–Trinajstić information content (AvgIpc) is 1.88. The van der Waals surface area contributed by atoms with Crippen molar-refractivity contribution in [3.8, 4) is 5.75 Å². The average molecular weight is 178 g/mol. The molecule has 0 aliphatic heterocycles. The Morgan fingerprint density at radius 3 is 2.27 bits per heavy atom. The number of benzene rings is 1. The van der Waals surface area contributed by atoms with E-state index in [0.29, 0.717) is 0 Å². The Balaban J connectivity index is 0. The second kappa shape index (κ2) is 4.90. The standard InChI is InChI=1S/C7H6O3.K.H/c8-6-4-2-1-3-5(6)7(9)10;;/h1-4,8H,(H,9,10);;/q;+1;-1. The summed E-state index contributed by atoms with van der Waals surface area (Å²) in [6.45, 7) is 0. The minimum Gasteiger partial charge on any atom is -1.00 e. The first-order valence-electron chi connectivity index (χ1n) is 2.73. The van der Waals surface area contributed by atoms with E-state index in [0.717, 1.165) is 0 Å². The van der Waals surface area contributed by atoms with Crippen molar-refractivity contribution >= 4 is 5.97 Å². The van der Waals surface area contributed by atoms with Crippen LogP contribution < -0.4 is 51.4 Å². The molecule has 0 bridgehead atoms. The molecule has 0 atom stereocenters. The fourth-order valence-electron chi connectivity index (χ4n) is 0.654. The molecule has 11 heavy (non-hydrogen) atoms. The molecule has 4 heteroatoms. The Bertz CT molecular complexity index is 265. The monoisotopic (exact) mass is 178 g/mol. The quantitative estimate of drug-likeness (QED) is 0.499. The molecular formula is C7H7KO3. The zero-order chi connectivity index (χ0) is 7.56. The van der Waals surface area contributed by atoms with Crippen LogP contribution in [-0.4, -0.2) is 16.2 Å². The summed E-state index contributed by atoms with van der Waals surface area (Å²) < 4.78 is 0. The SMILES string of the molecule is O=C(O)c1ccccc1O.[H-].[K+]. The largest absolute Gasteiger partial charge is 1.00 e. The predicted molar refractivity (Wildman–Crippen MR) is 36.2 cm³/mol. The summed E-state index contributed by atoms with van der Waals surface area (Å²) in [6.07, 6.45) is 0. The second-order valence-electron chi connectivity index (χ2n) is 1.82. The summed E-state index contributed by atoms with van der Waals surface area (Å²) in [4.78, 5) is 10.3. The van der Waals surface area contributed by atoms with E-state index < -0.39 is 5.97 Å². The normalized spacial score (nSPS) is 8.36. The third kappa shape index (κ3) is 2.92. The zero-order valence-corrected chi connectivity index (χ0v) is 9.24. The van der Waals surface area contributed by atoms with Crippen LogP contribution in [0.15, 0.2) is 24.3 Å². The molecule has 3 nitrogen and oxygen atoms in total. The molecule has 0 saturated carbocycles. The minimum absolute atomic E-state index is 0. The molecule has 0 heterocycles. The number of carboxylic acids is 1. The number of hydrogen-bond donors (Lipinski definition) is 2. The number of aromatic hydroxyl groups is 1. The molecule has 0 spiro atoms. The number of phenols is 1. The van der Waals surface area contributed by atoms with Gasteiger partial charge in [-0.15, -0.1) is 0 Å². The van der Waals surface area contributed by atoms with Crippen molar-refractivity contribution in [1.82, 2.24) is 0 Å². The van der Waals surface area contributed by atoms with Gasteiger partial charge >= 0.3 is 57.4 Å². The fraction of sp³-hybridized carbons (Fsp3) is 0. The molecule has 1 rings (SSSR count). The topological polar surface area (TPSA) is 57.5 Å². The van der Waals surface area contributed by atoms with Gasteiger partial charge in [-0.1, -0.05) is 12.1 Å². The van der Waals surface area contributed by atoms with E-state index in [1.807, 2.05) is 0 Å². The summed E-state index contributed by atoms with van der Waals surface area (Å²) in [7, 11) is 0. The van der Waals surface area contributed by atoms with Gasteiger partial charge in [0.25, 0.3) is 0 Å². The molecule has 0 aromatic heterocycles. The van der Waals surface area contributed by atoms with Crippen LogP contribution in [0.3, 0.4) is 0 Å². The van der Waals surface area contributed by atoms with Crippen molar-refractivity contribution in [2.24, 2.45) is 0 Å². The first-order chi connectivity index (χ1) is 4.72. The number of aromatic carboxylic acids is 1. The second-order valence-corrected chi connectivity index (χ2v) is 1.82. The predicted octanol–water partition coefficient (Wildman–Crippen LogP) is -1.79. The maximum atomic E-state index is 10.3. The number of rotatable bonds is 1. The third-order valence-corrected chi connectivity index (χ3v) is 1.13. The smallest absolute Gasteiger partial charge is 1.00 e. The van der Waals surface area contributed by atoms with Gasteiger partial charge in [0.05, 0.1) is 0 Å². The fourth-order valence-corrected chi connectivity index (χ4v) is 0.654. The first-order valence-corrected chi connectivity index (χ1v) is 2.73. The third-order valence-electron chi connectivity index (χ3n) is 1.13. The molecule has 1 aromatic carbocycles. The zero-order valence-electron chi connectivity index (χ0n) is 7.11. The van der Waals surface area contributed by atoms with E-state index in [9.17, 15) is 4.79 Å². The summed E-state index contributed by atoms with van der Waals surface area (Å²) in [5, 5.41) is 17.3. The van der Waals surface area contributed by atoms with Gasteiger partial charge in [0.15, 0.2) is 0 Å². The van der Waals surface area contributed by atoms with Crippen LogP contribution in [0.4, 0.5) is 0 Å². The Morgan fingerprint density at radius 1 is 1.36 bits per heavy atom. The van der Waals surface area contributed by atoms with Crippen molar-refractivity contribution in [2.45, 2.75) is 0 Å². The van der Waals surface area contributed by atoms with E-state index in [1.165, 1.54) is 12.1 Å². The molecule has 1 aromatic rings. The molecule has 0 saturated heterocycles. The molecule has 0 aliphatic carbocycles. The molecular weight excluding hydrogens is 171 g/mol. The van der Waals surface area contributed by atoms with Crippen molar-refractivity contribution in [1.29, 1.82) is 0 Å². The van der Waals surface area contributed by atoms with Gasteiger partial charge in [0.2, 0.25) is 0 Å². The number of carbonyl (C=O) groups is 1. The van der Waals surface area contributed by atoms with E-state index in [-0.39, 0.29) is 64.1 Å². The van der Waals surface area contributed by atoms with E-state index in [4.69, 9.17) is 10.2 Å².